The molecule has 0 fully saturated rings. The van der Waals surface area contributed by atoms with Crippen LogP contribution in [-0.4, -0.2) is 15.5 Å². The first-order chi connectivity index (χ1) is 13.0. The number of carbonyl (C=O) groups excluding carboxylic acids is 1. The number of hydrogen-bond donors (Lipinski definition) is 1. The van der Waals surface area contributed by atoms with E-state index in [0.29, 0.717) is 5.69 Å². The molecular weight excluding hydrogens is 358 g/mol. The molecule has 1 amide bonds. The lowest BCUT2D eigenvalue weighted by atomic mass is 10.2. The second-order valence-electron chi connectivity index (χ2n) is 6.39. The summed E-state index contributed by atoms with van der Waals surface area (Å²) in [5.41, 5.74) is 6.32. The largest absolute Gasteiger partial charge is 0.459 e. The summed E-state index contributed by atoms with van der Waals surface area (Å²) < 4.78 is 7.27. The van der Waals surface area contributed by atoms with Gasteiger partial charge in [0.05, 0.1) is 12.0 Å². The normalized spacial score (nSPS) is 10.9. The molecule has 0 bridgehead atoms. The Morgan fingerprint density at radius 3 is 2.59 bits per heavy atom. The van der Waals surface area contributed by atoms with Gasteiger partial charge in [-0.2, -0.15) is 0 Å². The zero-order valence-corrected chi connectivity index (χ0v) is 16.1. The van der Waals surface area contributed by atoms with Crippen molar-refractivity contribution in [2.75, 3.05) is 5.32 Å². The Balaban J connectivity index is 1.53. The van der Waals surface area contributed by atoms with Crippen LogP contribution in [-0.2, 0) is 7.05 Å². The van der Waals surface area contributed by atoms with E-state index < -0.39 is 0 Å². The van der Waals surface area contributed by atoms with Gasteiger partial charge in [-0.15, -0.1) is 11.3 Å². The summed E-state index contributed by atoms with van der Waals surface area (Å²) in [5, 5.41) is 5.86. The highest BCUT2D eigenvalue weighted by Crippen LogP contribution is 2.32. The molecule has 27 heavy (non-hydrogen) atoms. The van der Waals surface area contributed by atoms with Gasteiger partial charge in [-0.05, 0) is 56.3 Å². The molecule has 0 saturated carbocycles. The average Bonchev–Trinajstić information content (AvgIpc) is 3.41. The van der Waals surface area contributed by atoms with Gasteiger partial charge < -0.3 is 14.3 Å². The van der Waals surface area contributed by atoms with Crippen LogP contribution in [0.4, 0.5) is 5.69 Å². The number of hydrogen-bond acceptors (Lipinski definition) is 4. The van der Waals surface area contributed by atoms with Crippen LogP contribution < -0.4 is 5.32 Å². The van der Waals surface area contributed by atoms with Gasteiger partial charge in [0, 0.05) is 40.6 Å². The molecule has 3 aromatic heterocycles. The van der Waals surface area contributed by atoms with E-state index in [2.05, 4.69) is 42.2 Å². The van der Waals surface area contributed by atoms with E-state index in [1.807, 2.05) is 24.3 Å². The molecule has 3 heterocycles. The molecule has 4 aromatic rings. The minimum Gasteiger partial charge on any atom is -0.459 e. The van der Waals surface area contributed by atoms with Crippen molar-refractivity contribution in [3.8, 4) is 21.8 Å². The molecule has 0 aliphatic rings. The molecule has 0 aliphatic heterocycles. The van der Waals surface area contributed by atoms with Crippen molar-refractivity contribution in [2.24, 2.45) is 7.05 Å². The minimum atomic E-state index is -0.265. The van der Waals surface area contributed by atoms with Gasteiger partial charge in [-0.3, -0.25) is 4.79 Å². The molecule has 0 atom stereocenters. The molecule has 136 valence electrons. The number of amides is 1. The Labute approximate surface area is 161 Å². The second-order valence-corrected chi connectivity index (χ2v) is 7.25. The zero-order valence-electron chi connectivity index (χ0n) is 15.3. The number of anilines is 1. The van der Waals surface area contributed by atoms with Gasteiger partial charge in [0.25, 0.3) is 5.91 Å². The van der Waals surface area contributed by atoms with E-state index in [1.165, 1.54) is 23.2 Å². The number of thiazole rings is 1. The summed E-state index contributed by atoms with van der Waals surface area (Å²) in [6.07, 6.45) is 1.48. The Bertz CT molecular complexity index is 1090. The Morgan fingerprint density at radius 2 is 1.96 bits per heavy atom. The molecule has 5 nitrogen and oxygen atoms in total. The molecular formula is C21H19N3O2S. The molecule has 1 aromatic carbocycles. The summed E-state index contributed by atoms with van der Waals surface area (Å²) >= 11 is 1.62. The lowest BCUT2D eigenvalue weighted by Gasteiger charge is -2.04. The summed E-state index contributed by atoms with van der Waals surface area (Å²) in [6, 6.07) is 13.2. The fourth-order valence-electron chi connectivity index (χ4n) is 2.94. The molecule has 0 radical (unpaired) electrons. The van der Waals surface area contributed by atoms with Gasteiger partial charge >= 0.3 is 0 Å². The first-order valence-corrected chi connectivity index (χ1v) is 9.45. The molecule has 1 N–H and O–H groups in total. The maximum atomic E-state index is 12.0. The van der Waals surface area contributed by atoms with E-state index in [9.17, 15) is 4.79 Å². The number of aryl methyl sites for hydroxylation is 1. The maximum Gasteiger partial charge on any atom is 0.291 e. The predicted molar refractivity (Wildman–Crippen MR) is 108 cm³/mol. The lowest BCUT2D eigenvalue weighted by molar-refractivity contribution is 0.0996. The van der Waals surface area contributed by atoms with Gasteiger partial charge in [0.2, 0.25) is 0 Å². The van der Waals surface area contributed by atoms with Crippen molar-refractivity contribution in [2.45, 2.75) is 13.8 Å². The van der Waals surface area contributed by atoms with E-state index in [4.69, 9.17) is 9.40 Å². The average molecular weight is 377 g/mol. The number of furan rings is 1. The highest BCUT2D eigenvalue weighted by Gasteiger charge is 2.13. The van der Waals surface area contributed by atoms with Crippen LogP contribution >= 0.6 is 11.3 Å². The Hall–Kier alpha value is -3.12. The predicted octanol–water partition coefficient (Wildman–Crippen LogP) is 5.28. The molecule has 0 spiro atoms. The smallest absolute Gasteiger partial charge is 0.291 e. The fourth-order valence-corrected chi connectivity index (χ4v) is 3.77. The van der Waals surface area contributed by atoms with Crippen molar-refractivity contribution in [1.82, 2.24) is 9.55 Å². The fraction of sp³-hybridized carbons (Fsp3) is 0.143. The summed E-state index contributed by atoms with van der Waals surface area (Å²) in [5.74, 6) is 0.0244. The van der Waals surface area contributed by atoms with Crippen molar-refractivity contribution in [3.05, 3.63) is 71.3 Å². The minimum absolute atomic E-state index is 0.265. The van der Waals surface area contributed by atoms with Crippen molar-refractivity contribution in [1.29, 1.82) is 0 Å². The molecule has 6 heteroatoms. The summed E-state index contributed by atoms with van der Waals surface area (Å²) in [6.45, 7) is 4.21. The van der Waals surface area contributed by atoms with Crippen LogP contribution in [0.25, 0.3) is 21.8 Å². The third kappa shape index (κ3) is 3.31. The third-order valence-electron chi connectivity index (χ3n) is 4.69. The zero-order chi connectivity index (χ0) is 19.0. The second kappa shape index (κ2) is 6.89. The van der Waals surface area contributed by atoms with Crippen molar-refractivity contribution in [3.63, 3.8) is 0 Å². The SMILES string of the molecule is Cc1cc(-c2csc(-c3ccc(NC(=O)c4ccco4)cc3)n2)c(C)n1C. The van der Waals surface area contributed by atoms with Crippen LogP contribution in [0.3, 0.4) is 0 Å². The first-order valence-electron chi connectivity index (χ1n) is 8.57. The van der Waals surface area contributed by atoms with E-state index in [1.54, 1.807) is 23.5 Å². The molecule has 0 saturated heterocycles. The first kappa shape index (κ1) is 17.3. The van der Waals surface area contributed by atoms with Gasteiger partial charge in [-0.1, -0.05) is 0 Å². The summed E-state index contributed by atoms with van der Waals surface area (Å²) in [7, 11) is 2.07. The highest BCUT2D eigenvalue weighted by molar-refractivity contribution is 7.13. The van der Waals surface area contributed by atoms with Crippen LogP contribution in [0.5, 0.6) is 0 Å². The Morgan fingerprint density at radius 1 is 1.19 bits per heavy atom. The number of aromatic nitrogens is 2. The van der Waals surface area contributed by atoms with Crippen molar-refractivity contribution >= 4 is 22.9 Å². The van der Waals surface area contributed by atoms with Crippen LogP contribution in [0.2, 0.25) is 0 Å². The van der Waals surface area contributed by atoms with Crippen LogP contribution in [0.15, 0.2) is 58.5 Å². The summed E-state index contributed by atoms with van der Waals surface area (Å²) in [4.78, 5) is 16.8. The van der Waals surface area contributed by atoms with E-state index >= 15 is 0 Å². The lowest BCUT2D eigenvalue weighted by Crippen LogP contribution is -2.10. The molecule has 4 rings (SSSR count). The number of nitrogens with zero attached hydrogens (tertiary/aromatic N) is 2. The topological polar surface area (TPSA) is 60.1 Å². The Kier molecular flexibility index (Phi) is 4.41. The van der Waals surface area contributed by atoms with E-state index in [0.717, 1.165) is 16.3 Å². The monoisotopic (exact) mass is 377 g/mol. The van der Waals surface area contributed by atoms with Crippen LogP contribution in [0.1, 0.15) is 21.9 Å². The number of nitrogens with one attached hydrogen (secondary N) is 1. The van der Waals surface area contributed by atoms with Gasteiger partial charge in [0.15, 0.2) is 5.76 Å². The highest BCUT2D eigenvalue weighted by atomic mass is 32.1. The third-order valence-corrected chi connectivity index (χ3v) is 5.58. The molecule has 0 aliphatic carbocycles. The van der Waals surface area contributed by atoms with Crippen molar-refractivity contribution < 1.29 is 9.21 Å². The number of benzene rings is 1. The van der Waals surface area contributed by atoms with Gasteiger partial charge in [-0.25, -0.2) is 4.98 Å². The number of rotatable bonds is 4. The van der Waals surface area contributed by atoms with Gasteiger partial charge in [0.1, 0.15) is 5.01 Å². The quantitative estimate of drug-likeness (QED) is 0.526. The number of carbonyl (C=O) groups is 1. The van der Waals surface area contributed by atoms with E-state index in [-0.39, 0.29) is 11.7 Å². The van der Waals surface area contributed by atoms with Crippen LogP contribution in [0, 0.1) is 13.8 Å². The standard InChI is InChI=1S/C21H19N3O2S/c1-13-11-17(14(2)24(13)3)18-12-27-21(23-18)15-6-8-16(9-7-15)22-20(25)19-5-4-10-26-19/h4-12H,1-3H3,(H,22,25). The maximum absolute atomic E-state index is 12.0. The molecule has 0 unspecified atom stereocenters.